The number of aromatic nitrogens is 2. The van der Waals surface area contributed by atoms with Gasteiger partial charge in [0.15, 0.2) is 17.3 Å². The molecule has 30 heavy (non-hydrogen) atoms. The second-order valence-corrected chi connectivity index (χ2v) is 8.00. The number of anilines is 2. The smallest absolute Gasteiger partial charge is 0.263 e. The van der Waals surface area contributed by atoms with Gasteiger partial charge in [-0.2, -0.15) is 0 Å². The summed E-state index contributed by atoms with van der Waals surface area (Å²) in [6, 6.07) is 9.61. The number of rotatable bonds is 6. The van der Waals surface area contributed by atoms with Gasteiger partial charge in [-0.25, -0.2) is 13.4 Å². The molecule has 0 bridgehead atoms. The van der Waals surface area contributed by atoms with Gasteiger partial charge in [0.1, 0.15) is 5.15 Å². The number of carbonyl (C=O) groups is 1. The molecule has 0 radical (unpaired) electrons. The van der Waals surface area contributed by atoms with Crippen LogP contribution in [0.5, 0.6) is 11.5 Å². The molecule has 0 saturated carbocycles. The Morgan fingerprint density at radius 3 is 2.43 bits per heavy atom. The number of aromatic hydroxyl groups is 2. The number of hydrogen-bond acceptors (Lipinski definition) is 7. The number of amides is 1. The molecule has 3 aromatic rings. The minimum absolute atomic E-state index is 0.0229. The third-order valence-electron chi connectivity index (χ3n) is 3.70. The summed E-state index contributed by atoms with van der Waals surface area (Å²) in [5, 5.41) is 21.4. The summed E-state index contributed by atoms with van der Waals surface area (Å²) in [7, 11) is -3.91. The molecule has 154 valence electrons. The predicted octanol–water partition coefficient (Wildman–Crippen LogP) is 2.99. The van der Waals surface area contributed by atoms with Crippen molar-refractivity contribution in [3.8, 4) is 11.5 Å². The molecule has 9 nitrogen and oxygen atoms in total. The Kier molecular flexibility index (Phi) is 6.19. The van der Waals surface area contributed by atoms with Gasteiger partial charge in [0.05, 0.1) is 17.3 Å². The number of nitrogens with zero attached hydrogens (tertiary/aromatic N) is 2. The second kappa shape index (κ2) is 8.80. The highest BCUT2D eigenvalue weighted by atomic mass is 35.5. The van der Waals surface area contributed by atoms with Crippen LogP contribution >= 0.6 is 11.6 Å². The first-order valence-electron chi connectivity index (χ1n) is 8.34. The predicted molar refractivity (Wildman–Crippen MR) is 112 cm³/mol. The van der Waals surface area contributed by atoms with E-state index in [1.54, 1.807) is 0 Å². The van der Waals surface area contributed by atoms with Crippen LogP contribution in [0, 0.1) is 0 Å². The first kappa shape index (κ1) is 21.1. The number of halogens is 1. The molecule has 11 heteroatoms. The standard InChI is InChI=1S/C19H15ClN4O5S/c20-17-10-21-11-18(23-17)24-30(28,29)14-5-3-13(4-6-14)22-19(27)8-2-12-1-7-15(25)16(26)9-12/h1-11,25-26H,(H,22,27)(H,23,24)/b8-2+. The minimum Gasteiger partial charge on any atom is -0.504 e. The Hall–Kier alpha value is -3.63. The zero-order chi connectivity index (χ0) is 21.7. The highest BCUT2D eigenvalue weighted by Gasteiger charge is 2.15. The lowest BCUT2D eigenvalue weighted by Gasteiger charge is -2.08. The zero-order valence-corrected chi connectivity index (χ0v) is 16.7. The third-order valence-corrected chi connectivity index (χ3v) is 5.26. The van der Waals surface area contributed by atoms with Crippen molar-refractivity contribution in [3.63, 3.8) is 0 Å². The minimum atomic E-state index is -3.91. The van der Waals surface area contributed by atoms with Crippen molar-refractivity contribution in [2.75, 3.05) is 10.0 Å². The van der Waals surface area contributed by atoms with E-state index in [-0.39, 0.29) is 27.4 Å². The maximum absolute atomic E-state index is 12.4. The van der Waals surface area contributed by atoms with Crippen LogP contribution in [0.1, 0.15) is 5.56 Å². The Bertz CT molecular complexity index is 1210. The Morgan fingerprint density at radius 2 is 1.77 bits per heavy atom. The average molecular weight is 447 g/mol. The number of phenolic OH excluding ortho intramolecular Hbond substituents is 2. The molecule has 0 unspecified atom stereocenters. The molecule has 2 aromatic carbocycles. The van der Waals surface area contributed by atoms with E-state index in [2.05, 4.69) is 20.0 Å². The van der Waals surface area contributed by atoms with Gasteiger partial charge in [0.2, 0.25) is 5.91 Å². The van der Waals surface area contributed by atoms with Crippen molar-refractivity contribution >= 4 is 45.1 Å². The van der Waals surface area contributed by atoms with Crippen LogP contribution in [0.25, 0.3) is 6.08 Å². The summed E-state index contributed by atoms with van der Waals surface area (Å²) in [6.45, 7) is 0. The SMILES string of the molecule is O=C(/C=C/c1ccc(O)c(O)c1)Nc1ccc(S(=O)(=O)Nc2cncc(Cl)n2)cc1. The van der Waals surface area contributed by atoms with Gasteiger partial charge in [-0.1, -0.05) is 17.7 Å². The van der Waals surface area contributed by atoms with Crippen molar-refractivity contribution in [2.45, 2.75) is 4.90 Å². The molecule has 0 fully saturated rings. The molecule has 1 aromatic heterocycles. The molecule has 1 heterocycles. The van der Waals surface area contributed by atoms with Crippen molar-refractivity contribution in [2.24, 2.45) is 0 Å². The Balaban J connectivity index is 1.65. The van der Waals surface area contributed by atoms with Gasteiger partial charge >= 0.3 is 0 Å². The second-order valence-electron chi connectivity index (χ2n) is 5.93. The molecule has 0 aliphatic carbocycles. The molecule has 0 spiro atoms. The fourth-order valence-electron chi connectivity index (χ4n) is 2.31. The highest BCUT2D eigenvalue weighted by molar-refractivity contribution is 7.92. The van der Waals surface area contributed by atoms with E-state index in [1.807, 2.05) is 0 Å². The Labute approximate surface area is 176 Å². The largest absolute Gasteiger partial charge is 0.504 e. The first-order valence-corrected chi connectivity index (χ1v) is 10.2. The molecule has 0 aliphatic rings. The molecule has 0 atom stereocenters. The van der Waals surface area contributed by atoms with Gasteiger partial charge in [-0.05, 0) is 48.0 Å². The number of sulfonamides is 1. The van der Waals surface area contributed by atoms with Crippen LogP contribution in [-0.2, 0) is 14.8 Å². The van der Waals surface area contributed by atoms with E-state index >= 15 is 0 Å². The van der Waals surface area contributed by atoms with Crippen LogP contribution in [0.15, 0.2) is 65.8 Å². The van der Waals surface area contributed by atoms with Crippen molar-refractivity contribution in [1.82, 2.24) is 9.97 Å². The lowest BCUT2D eigenvalue weighted by atomic mass is 10.2. The van der Waals surface area contributed by atoms with E-state index < -0.39 is 15.9 Å². The molecular weight excluding hydrogens is 432 g/mol. The lowest BCUT2D eigenvalue weighted by molar-refractivity contribution is -0.111. The van der Waals surface area contributed by atoms with Crippen molar-refractivity contribution in [1.29, 1.82) is 0 Å². The van der Waals surface area contributed by atoms with Crippen LogP contribution in [0.3, 0.4) is 0 Å². The summed E-state index contributed by atoms with van der Waals surface area (Å²) < 4.78 is 27.1. The maximum Gasteiger partial charge on any atom is 0.263 e. The van der Waals surface area contributed by atoms with Gasteiger partial charge in [0, 0.05) is 11.8 Å². The maximum atomic E-state index is 12.4. The summed E-state index contributed by atoms with van der Waals surface area (Å²) >= 11 is 5.69. The molecule has 3 rings (SSSR count). The first-order chi connectivity index (χ1) is 14.2. The number of benzene rings is 2. The van der Waals surface area contributed by atoms with Crippen molar-refractivity contribution in [3.05, 3.63) is 71.7 Å². The fraction of sp³-hybridized carbons (Fsp3) is 0. The van der Waals surface area contributed by atoms with E-state index in [0.717, 1.165) is 0 Å². The molecular formula is C19H15ClN4O5S. The molecule has 4 N–H and O–H groups in total. The molecule has 1 amide bonds. The van der Waals surface area contributed by atoms with Crippen LogP contribution < -0.4 is 10.0 Å². The zero-order valence-electron chi connectivity index (χ0n) is 15.2. The van der Waals surface area contributed by atoms with Gasteiger partial charge in [-0.15, -0.1) is 0 Å². The van der Waals surface area contributed by atoms with E-state index in [0.29, 0.717) is 11.3 Å². The van der Waals surface area contributed by atoms with Gasteiger partial charge in [0.25, 0.3) is 10.0 Å². The summed E-state index contributed by atoms with van der Waals surface area (Å²) in [5.74, 6) is -1.05. The van der Waals surface area contributed by atoms with Crippen LogP contribution in [-0.4, -0.2) is 34.5 Å². The normalized spacial score (nSPS) is 11.4. The number of nitrogens with one attached hydrogen (secondary N) is 2. The number of phenols is 2. The third kappa shape index (κ3) is 5.46. The number of carbonyl (C=O) groups excluding carboxylic acids is 1. The summed E-state index contributed by atoms with van der Waals surface area (Å²) in [5.41, 5.74) is 0.886. The van der Waals surface area contributed by atoms with Crippen LogP contribution in [0.4, 0.5) is 11.5 Å². The monoisotopic (exact) mass is 446 g/mol. The van der Waals surface area contributed by atoms with Gasteiger partial charge < -0.3 is 15.5 Å². The van der Waals surface area contributed by atoms with Crippen molar-refractivity contribution < 1.29 is 23.4 Å². The van der Waals surface area contributed by atoms with E-state index in [4.69, 9.17) is 11.6 Å². The van der Waals surface area contributed by atoms with E-state index in [9.17, 15) is 23.4 Å². The topological polar surface area (TPSA) is 142 Å². The van der Waals surface area contributed by atoms with Crippen LogP contribution in [0.2, 0.25) is 5.15 Å². The Morgan fingerprint density at radius 1 is 1.03 bits per heavy atom. The quantitative estimate of drug-likeness (QED) is 0.337. The molecule has 0 saturated heterocycles. The summed E-state index contributed by atoms with van der Waals surface area (Å²) in [6.07, 6.45) is 5.17. The van der Waals surface area contributed by atoms with E-state index in [1.165, 1.54) is 67.0 Å². The highest BCUT2D eigenvalue weighted by Crippen LogP contribution is 2.25. The molecule has 0 aliphatic heterocycles. The number of hydrogen-bond donors (Lipinski definition) is 4. The van der Waals surface area contributed by atoms with Gasteiger partial charge in [-0.3, -0.25) is 14.5 Å². The summed E-state index contributed by atoms with van der Waals surface area (Å²) in [4.78, 5) is 19.6. The fourth-order valence-corrected chi connectivity index (χ4v) is 3.44. The lowest BCUT2D eigenvalue weighted by Crippen LogP contribution is -2.14. The average Bonchev–Trinajstić information content (AvgIpc) is 2.69.